The quantitative estimate of drug-likeness (QED) is 0.786. The number of hydrogen-bond donors (Lipinski definition) is 1. The maximum Gasteiger partial charge on any atom is 0.261 e. The molecule has 0 radical (unpaired) electrons. The van der Waals surface area contributed by atoms with Crippen molar-refractivity contribution in [1.29, 1.82) is 0 Å². The fourth-order valence-electron chi connectivity index (χ4n) is 2.95. The van der Waals surface area contributed by atoms with Crippen LogP contribution < -0.4 is 18.5 Å². The van der Waals surface area contributed by atoms with Crippen LogP contribution >= 0.6 is 0 Å². The Kier molecular flexibility index (Phi) is 4.42. The van der Waals surface area contributed by atoms with Gasteiger partial charge in [0.15, 0.2) is 11.5 Å². The van der Waals surface area contributed by atoms with Crippen molar-refractivity contribution in [3.63, 3.8) is 0 Å². The molecule has 2 heterocycles. The number of nitrogens with one attached hydrogen (secondary N) is 1. The molecule has 4 rings (SSSR count). The zero-order chi connectivity index (χ0) is 19.9. The molecule has 0 unspecified atom stereocenters. The van der Waals surface area contributed by atoms with E-state index in [9.17, 15) is 21.6 Å². The van der Waals surface area contributed by atoms with E-state index in [0.717, 1.165) is 0 Å². The molecule has 0 saturated carbocycles. The maximum atomic E-state index is 12.6. The zero-order valence-corrected chi connectivity index (χ0v) is 16.1. The molecule has 0 atom stereocenters. The van der Waals surface area contributed by atoms with E-state index in [1.165, 1.54) is 30.3 Å². The van der Waals surface area contributed by atoms with Crippen molar-refractivity contribution in [2.24, 2.45) is 0 Å². The number of anilines is 2. The van der Waals surface area contributed by atoms with Crippen molar-refractivity contribution < 1.29 is 31.1 Å². The summed E-state index contributed by atoms with van der Waals surface area (Å²) < 4.78 is 63.1. The number of carbonyl (C=O) groups is 1. The van der Waals surface area contributed by atoms with Crippen LogP contribution in [0, 0.1) is 0 Å². The Labute approximate surface area is 162 Å². The lowest BCUT2D eigenvalue weighted by molar-refractivity contribution is -0.116. The SMILES string of the molecule is O=C1CCS(=O)(=O)N1c1ccc(S(=O)(=O)Nc2ccc3c(c2)OCCO3)cc1. The molecule has 0 aromatic heterocycles. The van der Waals surface area contributed by atoms with Crippen molar-refractivity contribution in [2.75, 3.05) is 28.0 Å². The van der Waals surface area contributed by atoms with Gasteiger partial charge in [0.25, 0.3) is 10.0 Å². The highest BCUT2D eigenvalue weighted by molar-refractivity contribution is 7.94. The van der Waals surface area contributed by atoms with Gasteiger partial charge in [-0.3, -0.25) is 9.52 Å². The summed E-state index contributed by atoms with van der Waals surface area (Å²) >= 11 is 0. The van der Waals surface area contributed by atoms with Crippen LogP contribution in [0.25, 0.3) is 0 Å². The number of fused-ring (bicyclic) bond motifs is 1. The lowest BCUT2D eigenvalue weighted by Crippen LogP contribution is -2.29. The van der Waals surface area contributed by atoms with Crippen molar-refractivity contribution in [1.82, 2.24) is 0 Å². The predicted molar refractivity (Wildman–Crippen MR) is 101 cm³/mol. The molecule has 2 aliphatic heterocycles. The number of sulfonamides is 2. The van der Waals surface area contributed by atoms with Crippen molar-refractivity contribution >= 4 is 37.3 Å². The van der Waals surface area contributed by atoms with E-state index in [-0.39, 0.29) is 22.8 Å². The molecular formula is C17H16N2O7S2. The molecule has 2 aliphatic rings. The molecule has 0 aliphatic carbocycles. The Hall–Kier alpha value is -2.79. The molecule has 2 aromatic rings. The highest BCUT2D eigenvalue weighted by atomic mass is 32.2. The maximum absolute atomic E-state index is 12.6. The molecule has 2 aromatic carbocycles. The van der Waals surface area contributed by atoms with Gasteiger partial charge in [-0.15, -0.1) is 0 Å². The third kappa shape index (κ3) is 3.38. The van der Waals surface area contributed by atoms with E-state index >= 15 is 0 Å². The number of carbonyl (C=O) groups excluding carboxylic acids is 1. The minimum atomic E-state index is -3.92. The Bertz CT molecular complexity index is 1140. The topological polar surface area (TPSA) is 119 Å². The van der Waals surface area contributed by atoms with Crippen molar-refractivity contribution in [2.45, 2.75) is 11.3 Å². The van der Waals surface area contributed by atoms with Gasteiger partial charge in [0, 0.05) is 12.5 Å². The van der Waals surface area contributed by atoms with Gasteiger partial charge in [-0.25, -0.2) is 21.1 Å². The van der Waals surface area contributed by atoms with Crippen LogP contribution in [0.3, 0.4) is 0 Å². The van der Waals surface area contributed by atoms with E-state index < -0.39 is 26.0 Å². The Morgan fingerprint density at radius 3 is 2.29 bits per heavy atom. The first-order chi connectivity index (χ1) is 13.3. The van der Waals surface area contributed by atoms with E-state index in [4.69, 9.17) is 9.47 Å². The second kappa shape index (κ2) is 6.67. The highest BCUT2D eigenvalue weighted by Gasteiger charge is 2.36. The van der Waals surface area contributed by atoms with Gasteiger partial charge in [-0.2, -0.15) is 0 Å². The second-order valence-electron chi connectivity index (χ2n) is 6.18. The van der Waals surface area contributed by atoms with Crippen LogP contribution in [0.4, 0.5) is 11.4 Å². The molecular weight excluding hydrogens is 408 g/mol. The molecule has 1 N–H and O–H groups in total. The first kappa shape index (κ1) is 18.6. The molecule has 28 heavy (non-hydrogen) atoms. The van der Waals surface area contributed by atoms with E-state index in [2.05, 4.69) is 4.72 Å². The molecule has 148 valence electrons. The smallest absolute Gasteiger partial charge is 0.261 e. The number of hydrogen-bond acceptors (Lipinski definition) is 7. The number of amides is 1. The fraction of sp³-hybridized carbons (Fsp3) is 0.235. The highest BCUT2D eigenvalue weighted by Crippen LogP contribution is 2.33. The standard InChI is InChI=1S/C17H16N2O7S2/c20-17-7-10-27(21,22)19(17)13-2-4-14(5-3-13)28(23,24)18-12-1-6-15-16(11-12)26-9-8-25-15/h1-6,11,18H,7-10H2. The first-order valence-electron chi connectivity index (χ1n) is 8.35. The summed E-state index contributed by atoms with van der Waals surface area (Å²) in [6, 6.07) is 9.76. The van der Waals surface area contributed by atoms with Crippen LogP contribution in [0.1, 0.15) is 6.42 Å². The number of rotatable bonds is 4. The Balaban J connectivity index is 1.57. The number of benzene rings is 2. The summed E-state index contributed by atoms with van der Waals surface area (Å²) in [4.78, 5) is 11.8. The van der Waals surface area contributed by atoms with Crippen molar-refractivity contribution in [3.05, 3.63) is 42.5 Å². The minimum absolute atomic E-state index is 0.0739. The monoisotopic (exact) mass is 424 g/mol. The average molecular weight is 424 g/mol. The van der Waals surface area contributed by atoms with Gasteiger partial charge in [0.05, 0.1) is 22.0 Å². The van der Waals surface area contributed by atoms with Crippen LogP contribution in [0.2, 0.25) is 0 Å². The van der Waals surface area contributed by atoms with Crippen LogP contribution in [0.5, 0.6) is 11.5 Å². The Morgan fingerprint density at radius 2 is 1.64 bits per heavy atom. The minimum Gasteiger partial charge on any atom is -0.486 e. The fourth-order valence-corrected chi connectivity index (χ4v) is 5.46. The summed E-state index contributed by atoms with van der Waals surface area (Å²) in [6.07, 6.45) is -0.0892. The first-order valence-corrected chi connectivity index (χ1v) is 11.4. The van der Waals surface area contributed by atoms with Gasteiger partial charge in [0.2, 0.25) is 15.9 Å². The molecule has 1 amide bonds. The average Bonchev–Trinajstić information content (AvgIpc) is 2.94. The van der Waals surface area contributed by atoms with E-state index in [1.54, 1.807) is 12.1 Å². The van der Waals surface area contributed by atoms with E-state index in [0.29, 0.717) is 34.7 Å². The molecule has 9 nitrogen and oxygen atoms in total. The van der Waals surface area contributed by atoms with Gasteiger partial charge >= 0.3 is 0 Å². The molecule has 0 bridgehead atoms. The lowest BCUT2D eigenvalue weighted by atomic mass is 10.3. The lowest BCUT2D eigenvalue weighted by Gasteiger charge is -2.19. The van der Waals surface area contributed by atoms with Crippen LogP contribution in [0.15, 0.2) is 47.4 Å². The normalized spacial score (nSPS) is 18.1. The summed E-state index contributed by atoms with van der Waals surface area (Å²) in [5.41, 5.74) is 0.409. The van der Waals surface area contributed by atoms with Crippen LogP contribution in [-0.2, 0) is 24.8 Å². The largest absolute Gasteiger partial charge is 0.486 e. The summed E-state index contributed by atoms with van der Waals surface area (Å²) in [5, 5.41) is 0. The van der Waals surface area contributed by atoms with Gasteiger partial charge in [-0.05, 0) is 36.4 Å². The third-order valence-electron chi connectivity index (χ3n) is 4.25. The van der Waals surface area contributed by atoms with Gasteiger partial charge < -0.3 is 9.47 Å². The zero-order valence-electron chi connectivity index (χ0n) is 14.5. The third-order valence-corrected chi connectivity index (χ3v) is 7.34. The molecule has 11 heteroatoms. The predicted octanol–water partition coefficient (Wildman–Crippen LogP) is 1.33. The second-order valence-corrected chi connectivity index (χ2v) is 9.80. The number of ether oxygens (including phenoxy) is 2. The molecule has 0 spiro atoms. The summed E-state index contributed by atoms with van der Waals surface area (Å²) in [6.45, 7) is 0.808. The molecule has 1 saturated heterocycles. The van der Waals surface area contributed by atoms with Gasteiger partial charge in [0.1, 0.15) is 13.2 Å². The Morgan fingerprint density at radius 1 is 0.964 bits per heavy atom. The van der Waals surface area contributed by atoms with Crippen molar-refractivity contribution in [3.8, 4) is 11.5 Å². The van der Waals surface area contributed by atoms with Gasteiger partial charge in [-0.1, -0.05) is 0 Å². The molecule has 1 fully saturated rings. The van der Waals surface area contributed by atoms with Crippen LogP contribution in [-0.4, -0.2) is 41.7 Å². The number of nitrogens with zero attached hydrogens (tertiary/aromatic N) is 1. The summed E-state index contributed by atoms with van der Waals surface area (Å²) in [5.74, 6) is 0.192. The summed E-state index contributed by atoms with van der Waals surface area (Å²) in [7, 11) is -7.62. The van der Waals surface area contributed by atoms with E-state index in [1.807, 2.05) is 0 Å².